The first-order chi connectivity index (χ1) is 11.5. The summed E-state index contributed by atoms with van der Waals surface area (Å²) >= 11 is 0. The molecule has 0 bridgehead atoms. The van der Waals surface area contributed by atoms with Crippen molar-refractivity contribution in [2.24, 2.45) is 0 Å². The number of sulfonamides is 1. The maximum absolute atomic E-state index is 13.7. The number of hydrogen-bond acceptors (Lipinski definition) is 4. The second kappa shape index (κ2) is 6.82. The zero-order valence-electron chi connectivity index (χ0n) is 12.9. The zero-order valence-corrected chi connectivity index (χ0v) is 13.7. The molecule has 1 fully saturated rings. The molecule has 1 aromatic carbocycles. The van der Waals surface area contributed by atoms with E-state index < -0.39 is 26.6 Å². The van der Waals surface area contributed by atoms with Crippen LogP contribution in [-0.2, 0) is 16.6 Å². The molecular weight excluding hydrogens is 336 g/mol. The lowest BCUT2D eigenvalue weighted by Gasteiger charge is -2.17. The van der Waals surface area contributed by atoms with Crippen molar-refractivity contribution in [1.29, 1.82) is 0 Å². The first-order valence-electron chi connectivity index (χ1n) is 7.60. The molecule has 1 aliphatic rings. The summed E-state index contributed by atoms with van der Waals surface area (Å²) < 4.78 is 53.5. The SMILES string of the molecule is O=S(=O)(NCc1ccnc(N2CCCC2)c1)c1cc(F)ccc1F. The third-order valence-corrected chi connectivity index (χ3v) is 5.31. The van der Waals surface area contributed by atoms with E-state index in [0.29, 0.717) is 11.6 Å². The van der Waals surface area contributed by atoms with Gasteiger partial charge in [-0.05, 0) is 48.7 Å². The van der Waals surface area contributed by atoms with Crippen molar-refractivity contribution < 1.29 is 17.2 Å². The van der Waals surface area contributed by atoms with E-state index >= 15 is 0 Å². The summed E-state index contributed by atoms with van der Waals surface area (Å²) in [5.74, 6) is -1.01. The number of nitrogens with zero attached hydrogens (tertiary/aromatic N) is 2. The van der Waals surface area contributed by atoms with Crippen molar-refractivity contribution in [3.8, 4) is 0 Å². The van der Waals surface area contributed by atoms with Crippen LogP contribution in [0, 0.1) is 11.6 Å². The molecule has 2 heterocycles. The summed E-state index contributed by atoms with van der Waals surface area (Å²) in [7, 11) is -4.14. The van der Waals surface area contributed by atoms with Gasteiger partial charge in [0, 0.05) is 25.8 Å². The minimum Gasteiger partial charge on any atom is -0.357 e. The van der Waals surface area contributed by atoms with Gasteiger partial charge in [0.2, 0.25) is 10.0 Å². The summed E-state index contributed by atoms with van der Waals surface area (Å²) in [6, 6.07) is 5.82. The minimum absolute atomic E-state index is 0.0261. The van der Waals surface area contributed by atoms with E-state index in [2.05, 4.69) is 14.6 Å². The highest BCUT2D eigenvalue weighted by atomic mass is 32.2. The molecule has 0 amide bonds. The Kier molecular flexibility index (Phi) is 4.77. The van der Waals surface area contributed by atoms with E-state index in [9.17, 15) is 17.2 Å². The van der Waals surface area contributed by atoms with Gasteiger partial charge in [0.05, 0.1) is 0 Å². The van der Waals surface area contributed by atoms with Crippen molar-refractivity contribution in [3.05, 3.63) is 53.7 Å². The van der Waals surface area contributed by atoms with E-state index in [4.69, 9.17) is 0 Å². The lowest BCUT2D eigenvalue weighted by atomic mass is 10.2. The number of halogens is 2. The lowest BCUT2D eigenvalue weighted by molar-refractivity contribution is 0.545. The third kappa shape index (κ3) is 3.70. The molecule has 2 aromatic rings. The number of pyridine rings is 1. The predicted octanol–water partition coefficient (Wildman–Crippen LogP) is 2.44. The number of nitrogens with one attached hydrogen (secondary N) is 1. The van der Waals surface area contributed by atoms with Crippen LogP contribution in [0.25, 0.3) is 0 Å². The molecule has 0 aliphatic carbocycles. The van der Waals surface area contributed by atoms with E-state index in [1.165, 1.54) is 0 Å². The topological polar surface area (TPSA) is 62.3 Å². The molecule has 1 aromatic heterocycles. The van der Waals surface area contributed by atoms with E-state index in [1.54, 1.807) is 18.3 Å². The Bertz CT molecular complexity index is 837. The molecule has 0 saturated carbocycles. The first-order valence-corrected chi connectivity index (χ1v) is 9.09. The second-order valence-corrected chi connectivity index (χ2v) is 7.35. The van der Waals surface area contributed by atoms with Crippen LogP contribution in [0.4, 0.5) is 14.6 Å². The second-order valence-electron chi connectivity index (χ2n) is 5.62. The molecule has 8 heteroatoms. The highest BCUT2D eigenvalue weighted by Gasteiger charge is 2.20. The van der Waals surface area contributed by atoms with E-state index in [0.717, 1.165) is 43.9 Å². The minimum atomic E-state index is -4.14. The fourth-order valence-corrected chi connectivity index (χ4v) is 3.73. The van der Waals surface area contributed by atoms with E-state index in [1.807, 2.05) is 0 Å². The maximum Gasteiger partial charge on any atom is 0.243 e. The van der Waals surface area contributed by atoms with Gasteiger partial charge in [-0.2, -0.15) is 0 Å². The molecule has 5 nitrogen and oxygen atoms in total. The average molecular weight is 353 g/mol. The van der Waals surface area contributed by atoms with Gasteiger partial charge in [-0.15, -0.1) is 0 Å². The Morgan fingerprint density at radius 1 is 1.12 bits per heavy atom. The summed E-state index contributed by atoms with van der Waals surface area (Å²) in [6.07, 6.45) is 3.83. The molecule has 24 heavy (non-hydrogen) atoms. The number of benzene rings is 1. The van der Waals surface area contributed by atoms with Gasteiger partial charge in [-0.25, -0.2) is 26.9 Å². The van der Waals surface area contributed by atoms with Crippen molar-refractivity contribution in [2.45, 2.75) is 24.3 Å². The molecule has 128 valence electrons. The highest BCUT2D eigenvalue weighted by molar-refractivity contribution is 7.89. The molecule has 0 radical (unpaired) electrons. The molecule has 1 aliphatic heterocycles. The van der Waals surface area contributed by atoms with Gasteiger partial charge in [0.15, 0.2) is 0 Å². The largest absolute Gasteiger partial charge is 0.357 e. The summed E-state index contributed by atoms with van der Waals surface area (Å²) in [6.45, 7) is 1.83. The highest BCUT2D eigenvalue weighted by Crippen LogP contribution is 2.19. The smallest absolute Gasteiger partial charge is 0.243 e. The van der Waals surface area contributed by atoms with Gasteiger partial charge < -0.3 is 4.90 Å². The Hall–Kier alpha value is -2.06. The number of aromatic nitrogens is 1. The van der Waals surface area contributed by atoms with E-state index in [-0.39, 0.29) is 6.54 Å². The van der Waals surface area contributed by atoms with Crippen LogP contribution in [0.15, 0.2) is 41.4 Å². The quantitative estimate of drug-likeness (QED) is 0.897. The van der Waals surface area contributed by atoms with Crippen LogP contribution in [0.5, 0.6) is 0 Å². The van der Waals surface area contributed by atoms with Crippen molar-refractivity contribution in [3.63, 3.8) is 0 Å². The monoisotopic (exact) mass is 353 g/mol. The van der Waals surface area contributed by atoms with Crippen molar-refractivity contribution in [2.75, 3.05) is 18.0 Å². The Morgan fingerprint density at radius 2 is 1.88 bits per heavy atom. The summed E-state index contributed by atoms with van der Waals surface area (Å²) in [4.78, 5) is 5.72. The summed E-state index contributed by atoms with van der Waals surface area (Å²) in [5.41, 5.74) is 0.701. The standard InChI is InChI=1S/C16H17F2N3O2S/c17-13-3-4-14(18)15(10-13)24(22,23)20-11-12-5-6-19-16(9-12)21-7-1-2-8-21/h3-6,9-10,20H,1-2,7-8,11H2. The maximum atomic E-state index is 13.7. The molecule has 0 spiro atoms. The molecule has 1 N–H and O–H groups in total. The molecule has 0 unspecified atom stereocenters. The molecule has 1 saturated heterocycles. The van der Waals surface area contributed by atoms with Crippen molar-refractivity contribution >= 4 is 15.8 Å². The Labute approximate surface area is 139 Å². The lowest BCUT2D eigenvalue weighted by Crippen LogP contribution is -2.25. The number of anilines is 1. The van der Waals surface area contributed by atoms with Crippen LogP contribution >= 0.6 is 0 Å². The average Bonchev–Trinajstić information content (AvgIpc) is 3.10. The fourth-order valence-electron chi connectivity index (χ4n) is 2.63. The van der Waals surface area contributed by atoms with Gasteiger partial charge >= 0.3 is 0 Å². The fraction of sp³-hybridized carbons (Fsp3) is 0.312. The number of hydrogen-bond donors (Lipinski definition) is 1. The van der Waals surface area contributed by atoms with Gasteiger partial charge in [0.1, 0.15) is 22.3 Å². The van der Waals surface area contributed by atoms with Crippen LogP contribution in [-0.4, -0.2) is 26.5 Å². The molecule has 0 atom stereocenters. The third-order valence-electron chi connectivity index (χ3n) is 3.89. The first kappa shape index (κ1) is 16.8. The van der Waals surface area contributed by atoms with Gasteiger partial charge in [0.25, 0.3) is 0 Å². The van der Waals surface area contributed by atoms with Crippen molar-refractivity contribution in [1.82, 2.24) is 9.71 Å². The van der Waals surface area contributed by atoms with Gasteiger partial charge in [-0.3, -0.25) is 0 Å². The van der Waals surface area contributed by atoms with Crippen LogP contribution in [0.1, 0.15) is 18.4 Å². The molecular formula is C16H17F2N3O2S. The summed E-state index contributed by atoms with van der Waals surface area (Å²) in [5, 5.41) is 0. The Balaban J connectivity index is 1.75. The number of rotatable bonds is 5. The Morgan fingerprint density at radius 3 is 2.62 bits per heavy atom. The zero-order chi connectivity index (χ0) is 17.2. The normalized spacial score (nSPS) is 15.0. The van der Waals surface area contributed by atoms with Crippen LogP contribution in [0.2, 0.25) is 0 Å². The molecule has 3 rings (SSSR count). The predicted molar refractivity (Wildman–Crippen MR) is 86.1 cm³/mol. The van der Waals surface area contributed by atoms with Crippen LogP contribution < -0.4 is 9.62 Å². The van der Waals surface area contributed by atoms with Crippen LogP contribution in [0.3, 0.4) is 0 Å². The van der Waals surface area contributed by atoms with Gasteiger partial charge in [-0.1, -0.05) is 0 Å².